The summed E-state index contributed by atoms with van der Waals surface area (Å²) in [5.74, 6) is -0.206. The minimum absolute atomic E-state index is 0.0863. The van der Waals surface area contributed by atoms with E-state index < -0.39 is 0 Å². The molecule has 0 amide bonds. The Morgan fingerprint density at radius 2 is 1.89 bits per heavy atom. The molecule has 100 valence electrons. The number of halogens is 3. The summed E-state index contributed by atoms with van der Waals surface area (Å²) in [7, 11) is 1.83. The molecule has 0 saturated carbocycles. The second kappa shape index (κ2) is 6.51. The first-order valence-corrected chi connectivity index (χ1v) is 7.14. The summed E-state index contributed by atoms with van der Waals surface area (Å²) >= 11 is 9.28. The maximum absolute atomic E-state index is 14.0. The number of rotatable bonds is 4. The number of benzene rings is 2. The van der Waals surface area contributed by atoms with E-state index in [0.717, 1.165) is 10.0 Å². The Hall–Kier alpha value is -0.900. The minimum Gasteiger partial charge on any atom is -0.313 e. The van der Waals surface area contributed by atoms with Crippen LogP contribution >= 0.6 is 27.5 Å². The van der Waals surface area contributed by atoms with Gasteiger partial charge in [-0.25, -0.2) is 4.39 Å². The van der Waals surface area contributed by atoms with Gasteiger partial charge in [0.2, 0.25) is 0 Å². The van der Waals surface area contributed by atoms with Crippen molar-refractivity contribution in [1.29, 1.82) is 0 Å². The lowest BCUT2D eigenvalue weighted by atomic mass is 9.98. The molecule has 1 N–H and O–H groups in total. The fraction of sp³-hybridized carbons (Fsp3) is 0.200. The Balaban J connectivity index is 2.27. The van der Waals surface area contributed by atoms with Crippen molar-refractivity contribution in [1.82, 2.24) is 5.32 Å². The predicted molar refractivity (Wildman–Crippen MR) is 81.1 cm³/mol. The van der Waals surface area contributed by atoms with Crippen LogP contribution in [0.15, 0.2) is 46.9 Å². The molecule has 0 aromatic heterocycles. The molecular weight excluding hydrogens is 329 g/mol. The number of nitrogens with one attached hydrogen (secondary N) is 1. The third-order valence-electron chi connectivity index (χ3n) is 3.05. The molecule has 0 aliphatic carbocycles. The highest BCUT2D eigenvalue weighted by Crippen LogP contribution is 2.28. The Kier molecular flexibility index (Phi) is 4.97. The largest absolute Gasteiger partial charge is 0.313 e. The molecule has 19 heavy (non-hydrogen) atoms. The molecule has 1 atom stereocenters. The van der Waals surface area contributed by atoms with Crippen molar-refractivity contribution in [3.8, 4) is 0 Å². The maximum Gasteiger partial charge on any atom is 0.129 e. The number of likely N-dealkylation sites (N-methyl/N-ethyl adjacent to an activating group) is 1. The van der Waals surface area contributed by atoms with E-state index in [-0.39, 0.29) is 11.9 Å². The van der Waals surface area contributed by atoms with E-state index in [1.165, 1.54) is 6.07 Å². The van der Waals surface area contributed by atoms with E-state index in [4.69, 9.17) is 11.6 Å². The van der Waals surface area contributed by atoms with Gasteiger partial charge in [-0.3, -0.25) is 0 Å². The zero-order valence-electron chi connectivity index (χ0n) is 10.5. The molecule has 0 heterocycles. The molecule has 0 bridgehead atoms. The molecule has 1 nitrogen and oxygen atoms in total. The van der Waals surface area contributed by atoms with Crippen LogP contribution in [0.1, 0.15) is 17.2 Å². The van der Waals surface area contributed by atoms with Crippen molar-refractivity contribution in [2.75, 3.05) is 7.05 Å². The highest BCUT2D eigenvalue weighted by molar-refractivity contribution is 9.10. The average molecular weight is 343 g/mol. The number of hydrogen-bond donors (Lipinski definition) is 1. The van der Waals surface area contributed by atoms with Gasteiger partial charge >= 0.3 is 0 Å². The standard InChI is InChI=1S/C15H14BrClFN/c1-19-14(9-10-5-7-11(17)8-6-10)15-12(16)3-2-4-13(15)18/h2-8,14,19H,9H2,1H3. The molecule has 2 rings (SSSR count). The molecule has 0 spiro atoms. The van der Waals surface area contributed by atoms with Crippen LogP contribution in [0, 0.1) is 5.82 Å². The number of hydrogen-bond acceptors (Lipinski definition) is 1. The summed E-state index contributed by atoms with van der Waals surface area (Å²) < 4.78 is 14.7. The summed E-state index contributed by atoms with van der Waals surface area (Å²) in [6.45, 7) is 0. The Bertz CT molecular complexity index is 536. The average Bonchev–Trinajstić information content (AvgIpc) is 2.39. The van der Waals surface area contributed by atoms with Crippen LogP contribution in [-0.4, -0.2) is 7.05 Å². The summed E-state index contributed by atoms with van der Waals surface area (Å²) in [6, 6.07) is 12.6. The molecular formula is C15H14BrClFN. The van der Waals surface area contributed by atoms with Crippen LogP contribution in [-0.2, 0) is 6.42 Å². The van der Waals surface area contributed by atoms with E-state index >= 15 is 0 Å². The fourth-order valence-electron chi connectivity index (χ4n) is 2.05. The second-order valence-electron chi connectivity index (χ2n) is 4.31. The quantitative estimate of drug-likeness (QED) is 0.846. The van der Waals surface area contributed by atoms with Gasteiger partial charge in [0.15, 0.2) is 0 Å². The Morgan fingerprint density at radius 3 is 2.47 bits per heavy atom. The zero-order chi connectivity index (χ0) is 13.8. The molecule has 0 fully saturated rings. The first kappa shape index (κ1) is 14.5. The van der Waals surface area contributed by atoms with Crippen LogP contribution in [0.4, 0.5) is 4.39 Å². The highest BCUT2D eigenvalue weighted by Gasteiger charge is 2.17. The van der Waals surface area contributed by atoms with Gasteiger partial charge in [0.05, 0.1) is 0 Å². The molecule has 0 saturated heterocycles. The zero-order valence-corrected chi connectivity index (χ0v) is 12.8. The summed E-state index contributed by atoms with van der Waals surface area (Å²) in [6.07, 6.45) is 0.702. The van der Waals surface area contributed by atoms with E-state index in [9.17, 15) is 4.39 Å². The van der Waals surface area contributed by atoms with E-state index in [1.807, 2.05) is 37.4 Å². The summed E-state index contributed by atoms with van der Waals surface area (Å²) in [5.41, 5.74) is 1.76. The minimum atomic E-state index is -0.206. The van der Waals surface area contributed by atoms with Crippen LogP contribution in [0.25, 0.3) is 0 Å². The van der Waals surface area contributed by atoms with Crippen LogP contribution in [0.3, 0.4) is 0 Å². The van der Waals surface area contributed by atoms with Gasteiger partial charge in [-0.1, -0.05) is 45.7 Å². The van der Waals surface area contributed by atoms with Crippen LogP contribution in [0.5, 0.6) is 0 Å². The smallest absolute Gasteiger partial charge is 0.129 e. The second-order valence-corrected chi connectivity index (χ2v) is 5.60. The van der Waals surface area contributed by atoms with Gasteiger partial charge in [-0.2, -0.15) is 0 Å². The lowest BCUT2D eigenvalue weighted by Crippen LogP contribution is -2.20. The van der Waals surface area contributed by atoms with E-state index in [0.29, 0.717) is 17.0 Å². The topological polar surface area (TPSA) is 12.0 Å². The molecule has 0 radical (unpaired) electrons. The summed E-state index contributed by atoms with van der Waals surface area (Å²) in [4.78, 5) is 0. The van der Waals surface area contributed by atoms with Gasteiger partial charge in [0.1, 0.15) is 5.82 Å². The van der Waals surface area contributed by atoms with Crippen molar-refractivity contribution in [2.45, 2.75) is 12.5 Å². The van der Waals surface area contributed by atoms with Gasteiger partial charge in [0.25, 0.3) is 0 Å². The molecule has 1 unspecified atom stereocenters. The maximum atomic E-state index is 14.0. The SMILES string of the molecule is CNC(Cc1ccc(Cl)cc1)c1c(F)cccc1Br. The third kappa shape index (κ3) is 3.56. The first-order valence-electron chi connectivity index (χ1n) is 5.97. The highest BCUT2D eigenvalue weighted by atomic mass is 79.9. The lowest BCUT2D eigenvalue weighted by Gasteiger charge is -2.19. The first-order chi connectivity index (χ1) is 9.11. The Labute approximate surface area is 125 Å². The van der Waals surface area contributed by atoms with Gasteiger partial charge in [-0.05, 0) is 43.3 Å². The lowest BCUT2D eigenvalue weighted by molar-refractivity contribution is 0.531. The van der Waals surface area contributed by atoms with Crippen molar-refractivity contribution in [3.63, 3.8) is 0 Å². The van der Waals surface area contributed by atoms with Crippen molar-refractivity contribution in [3.05, 3.63) is 68.9 Å². The van der Waals surface area contributed by atoms with Gasteiger partial charge in [0, 0.05) is 21.1 Å². The fourth-order valence-corrected chi connectivity index (χ4v) is 2.79. The molecule has 2 aromatic rings. The monoisotopic (exact) mass is 341 g/mol. The third-order valence-corrected chi connectivity index (χ3v) is 3.99. The Morgan fingerprint density at radius 1 is 1.21 bits per heavy atom. The van der Waals surface area contributed by atoms with Crippen molar-refractivity contribution >= 4 is 27.5 Å². The molecule has 2 aromatic carbocycles. The summed E-state index contributed by atoms with van der Waals surface area (Å²) in [5, 5.41) is 3.87. The van der Waals surface area contributed by atoms with Crippen LogP contribution in [0.2, 0.25) is 5.02 Å². The van der Waals surface area contributed by atoms with E-state index in [1.54, 1.807) is 6.07 Å². The van der Waals surface area contributed by atoms with Gasteiger partial charge in [-0.15, -0.1) is 0 Å². The van der Waals surface area contributed by atoms with Crippen molar-refractivity contribution < 1.29 is 4.39 Å². The molecule has 0 aliphatic heterocycles. The van der Waals surface area contributed by atoms with Crippen LogP contribution < -0.4 is 5.32 Å². The van der Waals surface area contributed by atoms with Crippen molar-refractivity contribution in [2.24, 2.45) is 0 Å². The molecule has 0 aliphatic rings. The van der Waals surface area contributed by atoms with E-state index in [2.05, 4.69) is 21.2 Å². The van der Waals surface area contributed by atoms with Gasteiger partial charge < -0.3 is 5.32 Å². The molecule has 4 heteroatoms. The normalized spacial score (nSPS) is 12.4. The predicted octanol–water partition coefficient (Wildman–Crippen LogP) is 4.74.